The summed E-state index contributed by atoms with van der Waals surface area (Å²) in [6.07, 6.45) is 1.05. The first-order valence-electron chi connectivity index (χ1n) is 12.3. The number of hydrogen-bond acceptors (Lipinski definition) is 6. The van der Waals surface area contributed by atoms with Crippen molar-refractivity contribution >= 4 is 29.0 Å². The maximum absolute atomic E-state index is 13.5. The van der Waals surface area contributed by atoms with Crippen molar-refractivity contribution in [3.63, 3.8) is 0 Å². The molecule has 0 aliphatic carbocycles. The molecule has 0 fully saturated rings. The SMILES string of the molecule is O=C(O)[C@H](Cc1cnc2ccccc2n1)NC(=O)[C@@H]1Cc2ccccc2CN1C(=O)OCc1ccccc1. The van der Waals surface area contributed by atoms with Gasteiger partial charge in [-0.1, -0.05) is 66.7 Å². The van der Waals surface area contributed by atoms with Gasteiger partial charge < -0.3 is 15.2 Å². The smallest absolute Gasteiger partial charge is 0.411 e. The van der Waals surface area contributed by atoms with Gasteiger partial charge in [-0.15, -0.1) is 0 Å². The summed E-state index contributed by atoms with van der Waals surface area (Å²) < 4.78 is 5.52. The van der Waals surface area contributed by atoms with Crippen LogP contribution in [-0.2, 0) is 40.3 Å². The van der Waals surface area contributed by atoms with E-state index in [1.165, 1.54) is 11.1 Å². The van der Waals surface area contributed by atoms with Crippen LogP contribution >= 0.6 is 0 Å². The number of para-hydroxylation sites is 2. The number of aromatic nitrogens is 2. The Bertz CT molecular complexity index is 1480. The van der Waals surface area contributed by atoms with Crippen LogP contribution in [0.5, 0.6) is 0 Å². The molecule has 1 aliphatic heterocycles. The molecule has 2 atom stereocenters. The molecule has 9 heteroatoms. The highest BCUT2D eigenvalue weighted by molar-refractivity contribution is 5.90. The molecular weight excluding hydrogens is 484 g/mol. The van der Waals surface area contributed by atoms with E-state index in [9.17, 15) is 19.5 Å². The minimum absolute atomic E-state index is 0.0549. The molecule has 1 aliphatic rings. The van der Waals surface area contributed by atoms with Crippen molar-refractivity contribution in [3.8, 4) is 0 Å². The summed E-state index contributed by atoms with van der Waals surface area (Å²) in [6, 6.07) is 21.9. The molecule has 5 rings (SSSR count). The lowest BCUT2D eigenvalue weighted by Crippen LogP contribution is -2.56. The van der Waals surface area contributed by atoms with Gasteiger partial charge in [0.05, 0.1) is 23.3 Å². The van der Waals surface area contributed by atoms with Crippen LogP contribution in [0.2, 0.25) is 0 Å². The first-order valence-corrected chi connectivity index (χ1v) is 12.3. The second-order valence-electron chi connectivity index (χ2n) is 9.11. The maximum Gasteiger partial charge on any atom is 0.411 e. The first kappa shape index (κ1) is 24.9. The molecule has 0 unspecified atom stereocenters. The number of aliphatic carboxylic acids is 1. The Labute approximate surface area is 219 Å². The largest absolute Gasteiger partial charge is 0.480 e. The minimum atomic E-state index is -1.25. The zero-order valence-electron chi connectivity index (χ0n) is 20.5. The number of carboxylic acid groups (broad SMARTS) is 1. The third kappa shape index (κ3) is 5.62. The fourth-order valence-corrected chi connectivity index (χ4v) is 4.52. The average molecular weight is 511 g/mol. The van der Waals surface area contributed by atoms with Crippen LogP contribution in [-0.4, -0.2) is 50.0 Å². The van der Waals surface area contributed by atoms with Crippen LogP contribution in [0.4, 0.5) is 4.79 Å². The molecule has 192 valence electrons. The van der Waals surface area contributed by atoms with Gasteiger partial charge in [0.15, 0.2) is 0 Å². The first-order chi connectivity index (χ1) is 18.5. The molecule has 2 amide bonds. The highest BCUT2D eigenvalue weighted by atomic mass is 16.6. The molecular formula is C29H26N4O5. The van der Waals surface area contributed by atoms with Gasteiger partial charge in [-0.3, -0.25) is 14.7 Å². The standard InChI is InChI=1S/C29H26N4O5/c34-27(32-25(28(35)36)15-22-16-30-23-12-6-7-13-24(23)31-22)26-14-20-10-4-5-11-21(20)17-33(26)29(37)38-18-19-8-2-1-3-9-19/h1-13,16,25-26H,14-15,17-18H2,(H,32,34)(H,35,36)/t25-,26-/m0/s1. The lowest BCUT2D eigenvalue weighted by atomic mass is 9.93. The van der Waals surface area contributed by atoms with Crippen molar-refractivity contribution < 1.29 is 24.2 Å². The summed E-state index contributed by atoms with van der Waals surface area (Å²) in [7, 11) is 0. The number of fused-ring (bicyclic) bond motifs is 2. The fourth-order valence-electron chi connectivity index (χ4n) is 4.52. The summed E-state index contributed by atoms with van der Waals surface area (Å²) in [5.41, 5.74) is 4.42. The van der Waals surface area contributed by atoms with Crippen molar-refractivity contribution in [2.45, 2.75) is 38.1 Å². The van der Waals surface area contributed by atoms with E-state index in [1.807, 2.05) is 72.8 Å². The number of benzene rings is 3. The number of nitrogens with one attached hydrogen (secondary N) is 1. The van der Waals surface area contributed by atoms with Crippen molar-refractivity contribution in [3.05, 3.63) is 107 Å². The predicted molar refractivity (Wildman–Crippen MR) is 139 cm³/mol. The van der Waals surface area contributed by atoms with Gasteiger partial charge in [0.1, 0.15) is 18.7 Å². The van der Waals surface area contributed by atoms with Crippen LogP contribution in [0, 0.1) is 0 Å². The van der Waals surface area contributed by atoms with E-state index >= 15 is 0 Å². The highest BCUT2D eigenvalue weighted by Gasteiger charge is 2.37. The van der Waals surface area contributed by atoms with Crippen LogP contribution in [0.3, 0.4) is 0 Å². The van der Waals surface area contributed by atoms with E-state index in [1.54, 1.807) is 6.07 Å². The number of nitrogens with zero attached hydrogens (tertiary/aromatic N) is 3. The number of carboxylic acids is 1. The van der Waals surface area contributed by atoms with Gasteiger partial charge in [0.25, 0.3) is 0 Å². The lowest BCUT2D eigenvalue weighted by molar-refractivity contribution is -0.142. The molecule has 0 spiro atoms. The Balaban J connectivity index is 1.34. The zero-order chi connectivity index (χ0) is 26.5. The normalized spacial score (nSPS) is 15.4. The molecule has 4 aromatic rings. The minimum Gasteiger partial charge on any atom is -0.480 e. The molecule has 0 bridgehead atoms. The fraction of sp³-hybridized carbons (Fsp3) is 0.207. The molecule has 2 heterocycles. The topological polar surface area (TPSA) is 122 Å². The van der Waals surface area contributed by atoms with E-state index in [0.717, 1.165) is 16.7 Å². The highest BCUT2D eigenvalue weighted by Crippen LogP contribution is 2.25. The van der Waals surface area contributed by atoms with Gasteiger partial charge in [-0.05, 0) is 28.8 Å². The van der Waals surface area contributed by atoms with E-state index in [-0.39, 0.29) is 26.0 Å². The molecule has 9 nitrogen and oxygen atoms in total. The van der Waals surface area contributed by atoms with Gasteiger partial charge in [-0.25, -0.2) is 14.6 Å². The van der Waals surface area contributed by atoms with Gasteiger partial charge in [0.2, 0.25) is 5.91 Å². The quantitative estimate of drug-likeness (QED) is 0.390. The lowest BCUT2D eigenvalue weighted by Gasteiger charge is -2.35. The van der Waals surface area contributed by atoms with Crippen molar-refractivity contribution in [1.29, 1.82) is 0 Å². The Morgan fingerprint density at radius 1 is 0.947 bits per heavy atom. The number of amides is 2. The second-order valence-corrected chi connectivity index (χ2v) is 9.11. The third-order valence-corrected chi connectivity index (χ3v) is 6.52. The van der Waals surface area contributed by atoms with E-state index in [0.29, 0.717) is 16.7 Å². The van der Waals surface area contributed by atoms with Crippen LogP contribution in [0.25, 0.3) is 11.0 Å². The molecule has 38 heavy (non-hydrogen) atoms. The number of carbonyl (C=O) groups is 3. The Hall–Kier alpha value is -4.79. The molecule has 0 radical (unpaired) electrons. The summed E-state index contributed by atoms with van der Waals surface area (Å²) in [6.45, 7) is 0.236. The van der Waals surface area contributed by atoms with Crippen molar-refractivity contribution in [2.75, 3.05) is 0 Å². The molecule has 3 aromatic carbocycles. The monoisotopic (exact) mass is 510 g/mol. The van der Waals surface area contributed by atoms with Crippen molar-refractivity contribution in [1.82, 2.24) is 20.2 Å². The van der Waals surface area contributed by atoms with Crippen molar-refractivity contribution in [2.24, 2.45) is 0 Å². The van der Waals surface area contributed by atoms with Gasteiger partial charge in [0, 0.05) is 19.0 Å². The zero-order valence-corrected chi connectivity index (χ0v) is 20.5. The van der Waals surface area contributed by atoms with Crippen LogP contribution < -0.4 is 5.32 Å². The van der Waals surface area contributed by atoms with Gasteiger partial charge in [-0.2, -0.15) is 0 Å². The predicted octanol–water partition coefficient (Wildman–Crippen LogP) is 3.51. The molecule has 1 aromatic heterocycles. The Morgan fingerprint density at radius 2 is 1.63 bits per heavy atom. The number of hydrogen-bond donors (Lipinski definition) is 2. The van der Waals surface area contributed by atoms with Gasteiger partial charge >= 0.3 is 12.1 Å². The summed E-state index contributed by atoms with van der Waals surface area (Å²) in [5, 5.41) is 12.5. The third-order valence-electron chi connectivity index (χ3n) is 6.52. The van der Waals surface area contributed by atoms with Crippen LogP contribution in [0.1, 0.15) is 22.4 Å². The van der Waals surface area contributed by atoms with E-state index in [4.69, 9.17) is 4.74 Å². The molecule has 0 saturated heterocycles. The summed E-state index contributed by atoms with van der Waals surface area (Å²) in [4.78, 5) is 48.8. The number of ether oxygens (including phenoxy) is 1. The Morgan fingerprint density at radius 3 is 2.39 bits per heavy atom. The summed E-state index contributed by atoms with van der Waals surface area (Å²) >= 11 is 0. The summed E-state index contributed by atoms with van der Waals surface area (Å²) in [5.74, 6) is -1.78. The number of carbonyl (C=O) groups excluding carboxylic acids is 2. The molecule has 0 saturated carbocycles. The Kier molecular flexibility index (Phi) is 7.26. The number of rotatable bonds is 7. The average Bonchev–Trinajstić information content (AvgIpc) is 2.95. The van der Waals surface area contributed by atoms with Crippen LogP contribution in [0.15, 0.2) is 85.1 Å². The van der Waals surface area contributed by atoms with E-state index < -0.39 is 30.1 Å². The second kappa shape index (κ2) is 11.1. The van der Waals surface area contributed by atoms with E-state index in [2.05, 4.69) is 15.3 Å². The maximum atomic E-state index is 13.5. The molecule has 2 N–H and O–H groups in total.